The molecule has 158 valence electrons. The number of benzene rings is 2. The fraction of sp³-hybridized carbons (Fsp3) is 0.320. The van der Waals surface area contributed by atoms with Crippen LogP contribution in [0.1, 0.15) is 66.8 Å². The molecule has 2 unspecified atom stereocenters. The fourth-order valence-corrected chi connectivity index (χ4v) is 4.58. The first-order chi connectivity index (χ1) is 15.0. The summed E-state index contributed by atoms with van der Waals surface area (Å²) in [5.41, 5.74) is 6.34. The maximum Gasteiger partial charge on any atom is 0.219 e. The van der Waals surface area contributed by atoms with E-state index in [2.05, 4.69) is 90.2 Å². The minimum absolute atomic E-state index is 0.129. The van der Waals surface area contributed by atoms with Crippen molar-refractivity contribution in [2.75, 3.05) is 10.6 Å². The third-order valence-electron chi connectivity index (χ3n) is 6.29. The monoisotopic (exact) mass is 414 g/mol. The van der Waals surface area contributed by atoms with Gasteiger partial charge in [-0.25, -0.2) is 4.63 Å². The summed E-state index contributed by atoms with van der Waals surface area (Å²) in [6.45, 7) is 6.43. The molecule has 0 radical (unpaired) electrons. The molecule has 0 saturated carbocycles. The van der Waals surface area contributed by atoms with Crippen molar-refractivity contribution in [1.29, 1.82) is 0 Å². The van der Waals surface area contributed by atoms with Gasteiger partial charge in [0.05, 0.1) is 6.04 Å². The zero-order chi connectivity index (χ0) is 21.5. The van der Waals surface area contributed by atoms with Crippen LogP contribution in [0.25, 0.3) is 0 Å². The second-order valence-electron chi connectivity index (χ2n) is 8.82. The largest absolute Gasteiger partial charge is 0.353 e. The molecule has 0 spiro atoms. The normalized spacial score (nSPS) is 20.6. The number of hydrogen-bond donors (Lipinski definition) is 2. The summed E-state index contributed by atoms with van der Waals surface area (Å²) in [5.74, 6) is 1.76. The smallest absolute Gasteiger partial charge is 0.219 e. The summed E-state index contributed by atoms with van der Waals surface area (Å²) in [6.07, 6.45) is 1.22. The Labute approximate surface area is 181 Å². The summed E-state index contributed by atoms with van der Waals surface area (Å²) >= 11 is 0. The number of Topliss-reactive ketones (excluding diaryl/α,β-unsaturated/α-hetero) is 1. The maximum absolute atomic E-state index is 13.5. The highest BCUT2D eigenvalue weighted by Crippen LogP contribution is 2.43. The second-order valence-corrected chi connectivity index (χ2v) is 8.82. The van der Waals surface area contributed by atoms with E-state index >= 15 is 0 Å². The molecule has 0 bridgehead atoms. The van der Waals surface area contributed by atoms with Gasteiger partial charge in [0.15, 0.2) is 5.78 Å². The first kappa shape index (κ1) is 19.5. The standard InChI is InChI=1S/C25H26N4O2/c1-14(2)16-7-9-17(10-8-16)23-22-20(26-24-25(27-23)29-31-28-24)12-19(13-21(22)30)18-6-4-5-15(3)11-18/h4-11,14,19,23H,12-13H2,1-3H3,(H,26,28)(H,27,29). The molecule has 1 aromatic heterocycles. The molecule has 6 heteroatoms. The highest BCUT2D eigenvalue weighted by molar-refractivity contribution is 6.00. The lowest BCUT2D eigenvalue weighted by Crippen LogP contribution is -2.27. The predicted octanol–water partition coefficient (Wildman–Crippen LogP) is 5.48. The quantitative estimate of drug-likeness (QED) is 0.591. The van der Waals surface area contributed by atoms with Crippen LogP contribution in [0.5, 0.6) is 0 Å². The Bertz CT molecular complexity index is 1160. The Kier molecular flexibility index (Phi) is 4.85. The Morgan fingerprint density at radius 1 is 1.00 bits per heavy atom. The number of ketones is 1. The number of carbonyl (C=O) groups is 1. The number of fused-ring (bicyclic) bond motifs is 1. The number of allylic oxidation sites excluding steroid dienone is 1. The van der Waals surface area contributed by atoms with Crippen LogP contribution in [-0.2, 0) is 4.79 Å². The van der Waals surface area contributed by atoms with Gasteiger partial charge in [-0.2, -0.15) is 0 Å². The number of nitrogens with zero attached hydrogens (tertiary/aromatic N) is 2. The van der Waals surface area contributed by atoms with Gasteiger partial charge in [-0.15, -0.1) is 0 Å². The average molecular weight is 415 g/mol. The third-order valence-corrected chi connectivity index (χ3v) is 6.29. The van der Waals surface area contributed by atoms with E-state index in [4.69, 9.17) is 4.63 Å². The van der Waals surface area contributed by atoms with E-state index in [0.717, 1.165) is 23.3 Å². The third kappa shape index (κ3) is 3.63. The summed E-state index contributed by atoms with van der Waals surface area (Å²) in [6, 6.07) is 16.6. The first-order valence-electron chi connectivity index (χ1n) is 10.8. The highest BCUT2D eigenvalue weighted by atomic mass is 16.6. The molecule has 2 aliphatic rings. The van der Waals surface area contributed by atoms with Gasteiger partial charge in [-0.1, -0.05) is 67.9 Å². The minimum atomic E-state index is -0.303. The lowest BCUT2D eigenvalue weighted by atomic mass is 9.78. The number of carbonyl (C=O) groups excluding carboxylic acids is 1. The van der Waals surface area contributed by atoms with Gasteiger partial charge in [0, 0.05) is 17.7 Å². The van der Waals surface area contributed by atoms with Gasteiger partial charge in [-0.3, -0.25) is 4.79 Å². The Morgan fingerprint density at radius 3 is 2.52 bits per heavy atom. The van der Waals surface area contributed by atoms with Crippen LogP contribution in [-0.4, -0.2) is 16.1 Å². The van der Waals surface area contributed by atoms with Gasteiger partial charge in [0.1, 0.15) is 0 Å². The van der Waals surface area contributed by atoms with Crippen LogP contribution >= 0.6 is 0 Å². The number of rotatable bonds is 3. The van der Waals surface area contributed by atoms with E-state index in [1.807, 2.05) is 0 Å². The number of anilines is 2. The summed E-state index contributed by atoms with van der Waals surface area (Å²) in [7, 11) is 0. The van der Waals surface area contributed by atoms with Crippen molar-refractivity contribution in [2.24, 2.45) is 0 Å². The van der Waals surface area contributed by atoms with Gasteiger partial charge < -0.3 is 10.6 Å². The lowest BCUT2D eigenvalue weighted by Gasteiger charge is -2.30. The van der Waals surface area contributed by atoms with Gasteiger partial charge >= 0.3 is 0 Å². The van der Waals surface area contributed by atoms with E-state index in [-0.39, 0.29) is 17.7 Å². The molecule has 6 nitrogen and oxygen atoms in total. The molecular formula is C25H26N4O2. The molecule has 31 heavy (non-hydrogen) atoms. The summed E-state index contributed by atoms with van der Waals surface area (Å²) < 4.78 is 4.96. The van der Waals surface area contributed by atoms with Crippen molar-refractivity contribution in [2.45, 2.75) is 51.5 Å². The van der Waals surface area contributed by atoms with Gasteiger partial charge in [0.25, 0.3) is 0 Å². The molecule has 2 aromatic carbocycles. The number of nitrogens with one attached hydrogen (secondary N) is 2. The van der Waals surface area contributed by atoms with Crippen LogP contribution in [0.3, 0.4) is 0 Å². The molecule has 1 aliphatic heterocycles. The Hall–Kier alpha value is -3.41. The maximum atomic E-state index is 13.5. The molecule has 2 heterocycles. The summed E-state index contributed by atoms with van der Waals surface area (Å²) in [5, 5.41) is 14.8. The van der Waals surface area contributed by atoms with Crippen molar-refractivity contribution in [1.82, 2.24) is 10.3 Å². The van der Waals surface area contributed by atoms with E-state index in [1.54, 1.807) is 0 Å². The molecule has 5 rings (SSSR count). The van der Waals surface area contributed by atoms with Crippen LogP contribution in [0.2, 0.25) is 0 Å². The first-order valence-corrected chi connectivity index (χ1v) is 10.8. The van der Waals surface area contributed by atoms with Crippen molar-refractivity contribution in [3.05, 3.63) is 82.1 Å². The average Bonchev–Trinajstić information content (AvgIpc) is 3.12. The van der Waals surface area contributed by atoms with Crippen molar-refractivity contribution in [3.8, 4) is 0 Å². The van der Waals surface area contributed by atoms with Gasteiger partial charge in [-0.05, 0) is 52.2 Å². The fourth-order valence-electron chi connectivity index (χ4n) is 4.58. The lowest BCUT2D eigenvalue weighted by molar-refractivity contribution is -0.116. The van der Waals surface area contributed by atoms with Gasteiger partial charge in [0.2, 0.25) is 11.6 Å². The Morgan fingerprint density at radius 2 is 1.77 bits per heavy atom. The Balaban J connectivity index is 1.57. The van der Waals surface area contributed by atoms with Crippen LogP contribution < -0.4 is 10.6 Å². The molecular weight excluding hydrogens is 388 g/mol. The molecule has 2 N–H and O–H groups in total. The minimum Gasteiger partial charge on any atom is -0.353 e. The molecule has 0 saturated heterocycles. The molecule has 0 amide bonds. The highest BCUT2D eigenvalue weighted by Gasteiger charge is 2.37. The van der Waals surface area contributed by atoms with Crippen molar-refractivity contribution in [3.63, 3.8) is 0 Å². The number of aryl methyl sites for hydroxylation is 1. The SMILES string of the molecule is Cc1cccc(C2CC(=O)C3=C(C2)Nc2nonc2NC3c2ccc(C(C)C)cc2)c1. The van der Waals surface area contributed by atoms with E-state index in [9.17, 15) is 4.79 Å². The van der Waals surface area contributed by atoms with Crippen molar-refractivity contribution >= 4 is 17.4 Å². The topological polar surface area (TPSA) is 80.1 Å². The number of hydrogen-bond acceptors (Lipinski definition) is 6. The van der Waals surface area contributed by atoms with Crippen LogP contribution in [0.4, 0.5) is 11.6 Å². The zero-order valence-electron chi connectivity index (χ0n) is 18.0. The van der Waals surface area contributed by atoms with E-state index < -0.39 is 0 Å². The predicted molar refractivity (Wildman–Crippen MR) is 120 cm³/mol. The van der Waals surface area contributed by atoms with Crippen LogP contribution in [0, 0.1) is 6.92 Å². The molecule has 3 aromatic rings. The van der Waals surface area contributed by atoms with Crippen molar-refractivity contribution < 1.29 is 9.42 Å². The van der Waals surface area contributed by atoms with E-state index in [1.165, 1.54) is 16.7 Å². The molecule has 1 aliphatic carbocycles. The van der Waals surface area contributed by atoms with Crippen LogP contribution in [0.15, 0.2) is 64.4 Å². The number of aromatic nitrogens is 2. The van der Waals surface area contributed by atoms with E-state index in [0.29, 0.717) is 24.0 Å². The second kappa shape index (κ2) is 7.69. The summed E-state index contributed by atoms with van der Waals surface area (Å²) in [4.78, 5) is 13.5. The molecule has 0 fully saturated rings. The zero-order valence-corrected chi connectivity index (χ0v) is 18.0. The molecule has 2 atom stereocenters.